The Morgan fingerprint density at radius 3 is 0.744 bits per heavy atom. The van der Waals surface area contributed by atoms with Gasteiger partial charge in [0.25, 0.3) is 0 Å². The highest BCUT2D eigenvalue weighted by Gasteiger charge is 2.21. The van der Waals surface area contributed by atoms with Crippen LogP contribution < -0.4 is 67.6 Å². The number of nitrogens with two attached hydrogens (primary N) is 9. The molecule has 22 heteroatoms. The first-order valence-corrected chi connectivity index (χ1v) is 31.5. The summed E-state index contributed by atoms with van der Waals surface area (Å²) in [5, 5.41) is 9.81. The summed E-state index contributed by atoms with van der Waals surface area (Å²) in [6.07, 6.45) is 4.30. The maximum Gasteiger partial charge on any atom is 0.0165 e. The number of hydrogen-bond donors (Lipinski definition) is 12. The largest absolute Gasteiger partial charge is 0.329 e. The maximum absolute atomic E-state index is 5.97. The smallest absolute Gasteiger partial charge is 0.0165 e. The van der Waals surface area contributed by atoms with Gasteiger partial charge < -0.3 is 67.6 Å². The molecular weight excluding hydrogens is 981 g/mol. The van der Waals surface area contributed by atoms with Crippen LogP contribution in [0.15, 0.2) is 0 Å². The SMILES string of the molecule is CC(N)CN1CCN(CC(C)N)CC1.CC(N)CN1CCNCC1.CCC(N)CN1CCN(CC(N)CC)CC1.CCC(N)CN1CCN(CCN)CC1.CCC(N)CN1CCNCC1.CNCCN1CCN(CCN)CC1. The van der Waals surface area contributed by atoms with Crippen LogP contribution in [0.1, 0.15) is 74.1 Å². The molecule has 0 aromatic rings. The van der Waals surface area contributed by atoms with E-state index < -0.39 is 0 Å². The Labute approximate surface area is 480 Å². The molecular formula is C56H134N22. The van der Waals surface area contributed by atoms with Crippen LogP contribution in [0.25, 0.3) is 0 Å². The van der Waals surface area contributed by atoms with Crippen LogP contribution >= 0.6 is 0 Å². The van der Waals surface area contributed by atoms with Gasteiger partial charge in [-0.3, -0.25) is 49.0 Å². The lowest BCUT2D eigenvalue weighted by molar-refractivity contribution is 0.121. The number of rotatable bonds is 25. The van der Waals surface area contributed by atoms with Crippen LogP contribution in [0.2, 0.25) is 0 Å². The molecule has 0 aromatic carbocycles. The van der Waals surface area contributed by atoms with Gasteiger partial charge in [0.2, 0.25) is 0 Å². The third-order valence-electron chi connectivity index (χ3n) is 15.6. The summed E-state index contributed by atoms with van der Waals surface area (Å²) in [6, 6.07) is 2.28. The Morgan fingerprint density at radius 1 is 0.321 bits per heavy atom. The quantitative estimate of drug-likeness (QED) is 0.0419. The second kappa shape index (κ2) is 48.5. The standard InChI is InChI=1S/C12H28N4.2C10H24N4.C9H22N4.C8H19N3.C7H17N3/c1-3-11(13)9-15-5-7-16(8-6-15)10-12(14)4-2;1-9(11)7-13-3-5-14(6-4-13)8-10(2)12;1-2-10(12)9-14-7-5-13(4-3-11)6-8-14;1-11-3-5-13-8-6-12(4-2-10)7-9-13;1-2-8(9)7-11-5-3-10-4-6-11;1-7(8)6-10-4-2-9-3-5-10/h11-12H,3-10,13-14H2,1-2H3;9-10H,3-8,11-12H2,1-2H3;10H,2-9,11-12H2,1H3;11H,2-10H2,1H3;8,10H,2-7,9H2,1H3;7,9H,2-6,8H2,1H3. The van der Waals surface area contributed by atoms with Crippen LogP contribution in [0.3, 0.4) is 0 Å². The van der Waals surface area contributed by atoms with Crippen LogP contribution in [0.5, 0.6) is 0 Å². The third-order valence-corrected chi connectivity index (χ3v) is 15.6. The minimum Gasteiger partial charge on any atom is -0.329 e. The van der Waals surface area contributed by atoms with Crippen molar-refractivity contribution in [1.82, 2.24) is 64.9 Å². The molecule has 468 valence electrons. The highest BCUT2D eigenvalue weighted by atomic mass is 15.3. The minimum absolute atomic E-state index is 0.287. The molecule has 78 heavy (non-hydrogen) atoms. The van der Waals surface area contributed by atoms with E-state index in [1.54, 1.807) is 0 Å². The van der Waals surface area contributed by atoms with Gasteiger partial charge in [0.15, 0.2) is 0 Å². The first kappa shape index (κ1) is 75.1. The molecule has 0 saturated carbocycles. The highest BCUT2D eigenvalue weighted by molar-refractivity contribution is 4.80. The van der Waals surface area contributed by atoms with Crippen LogP contribution in [0.4, 0.5) is 0 Å². The van der Waals surface area contributed by atoms with E-state index in [4.69, 9.17) is 51.6 Å². The Bertz CT molecular complexity index is 1230. The normalized spacial score (nSPS) is 23.2. The monoisotopic (exact) mass is 1120 g/mol. The Balaban J connectivity index is 0.000000471. The summed E-state index contributed by atoms with van der Waals surface area (Å²) in [7, 11) is 2.00. The Kier molecular flexibility index (Phi) is 46.7. The molecule has 6 rings (SSSR count). The van der Waals surface area contributed by atoms with Crippen molar-refractivity contribution in [2.75, 3.05) is 249 Å². The van der Waals surface area contributed by atoms with Crippen LogP contribution in [-0.4, -0.2) is 340 Å². The summed E-state index contributed by atoms with van der Waals surface area (Å²) in [5.74, 6) is 0. The number of nitrogens with one attached hydrogen (secondary N) is 3. The Morgan fingerprint density at radius 2 is 0.526 bits per heavy atom. The van der Waals surface area contributed by atoms with Gasteiger partial charge in [-0.1, -0.05) is 27.7 Å². The lowest BCUT2D eigenvalue weighted by Crippen LogP contribution is -2.52. The molecule has 0 spiro atoms. The predicted octanol–water partition coefficient (Wildman–Crippen LogP) is -3.67. The molecule has 0 radical (unpaired) electrons. The molecule has 6 aliphatic rings. The topological polar surface area (TPSA) is 303 Å². The van der Waals surface area contributed by atoms with Gasteiger partial charge in [-0.25, -0.2) is 0 Å². The predicted molar refractivity (Wildman–Crippen MR) is 336 cm³/mol. The molecule has 6 aliphatic heterocycles. The molecule has 6 fully saturated rings. The van der Waals surface area contributed by atoms with Crippen molar-refractivity contribution in [2.45, 2.75) is 116 Å². The zero-order valence-corrected chi connectivity index (χ0v) is 52.2. The number of hydrogen-bond acceptors (Lipinski definition) is 22. The van der Waals surface area contributed by atoms with Gasteiger partial charge in [-0.05, 0) is 53.5 Å². The lowest BCUT2D eigenvalue weighted by atomic mass is 10.2. The van der Waals surface area contributed by atoms with Gasteiger partial charge in [0.1, 0.15) is 0 Å². The van der Waals surface area contributed by atoms with E-state index in [9.17, 15) is 0 Å². The molecule has 6 saturated heterocycles. The van der Waals surface area contributed by atoms with Crippen LogP contribution in [-0.2, 0) is 0 Å². The van der Waals surface area contributed by atoms with E-state index >= 15 is 0 Å². The fraction of sp³-hybridized carbons (Fsp3) is 1.00. The highest BCUT2D eigenvalue weighted by Crippen LogP contribution is 2.07. The van der Waals surface area contributed by atoms with Gasteiger partial charge in [-0.2, -0.15) is 0 Å². The molecule has 0 amide bonds. The van der Waals surface area contributed by atoms with Crippen molar-refractivity contribution in [3.8, 4) is 0 Å². The molecule has 21 N–H and O–H groups in total. The first-order chi connectivity index (χ1) is 37.5. The van der Waals surface area contributed by atoms with E-state index in [0.29, 0.717) is 30.2 Å². The minimum atomic E-state index is 0.287. The maximum atomic E-state index is 5.97. The van der Waals surface area contributed by atoms with E-state index in [-0.39, 0.29) is 12.1 Å². The molecule has 6 heterocycles. The number of likely N-dealkylation sites (N-methyl/N-ethyl adjacent to an activating group) is 1. The van der Waals surface area contributed by atoms with Crippen molar-refractivity contribution in [1.29, 1.82) is 0 Å². The van der Waals surface area contributed by atoms with Crippen LogP contribution in [0, 0.1) is 0 Å². The summed E-state index contributed by atoms with van der Waals surface area (Å²) in [6.45, 7) is 55.6. The van der Waals surface area contributed by atoms with Gasteiger partial charge in [0, 0.05) is 284 Å². The van der Waals surface area contributed by atoms with E-state index in [1.807, 2.05) is 7.05 Å². The van der Waals surface area contributed by atoms with Crippen molar-refractivity contribution in [2.24, 2.45) is 51.6 Å². The zero-order chi connectivity index (χ0) is 57.9. The summed E-state index contributed by atoms with van der Waals surface area (Å²) in [5.41, 5.74) is 51.9. The average molecular weight is 1120 g/mol. The molecule has 0 aliphatic carbocycles. The molecule has 7 unspecified atom stereocenters. The molecule has 0 bridgehead atoms. The summed E-state index contributed by atoms with van der Waals surface area (Å²) >= 11 is 0. The van der Waals surface area contributed by atoms with E-state index in [0.717, 1.165) is 235 Å². The number of nitrogens with zero attached hydrogens (tertiary/aromatic N) is 10. The van der Waals surface area contributed by atoms with Crippen molar-refractivity contribution in [3.05, 3.63) is 0 Å². The second-order valence-electron chi connectivity index (χ2n) is 23.4. The van der Waals surface area contributed by atoms with Crippen molar-refractivity contribution in [3.63, 3.8) is 0 Å². The van der Waals surface area contributed by atoms with Gasteiger partial charge in [-0.15, -0.1) is 0 Å². The van der Waals surface area contributed by atoms with E-state index in [2.05, 4.69) is 113 Å². The fourth-order valence-electron chi connectivity index (χ4n) is 10.2. The average Bonchev–Trinajstić information content (AvgIpc) is 3.43. The fourth-order valence-corrected chi connectivity index (χ4v) is 10.2. The Hall–Kier alpha value is -0.880. The molecule has 22 nitrogen and oxygen atoms in total. The summed E-state index contributed by atoms with van der Waals surface area (Å²) in [4.78, 5) is 24.5. The van der Waals surface area contributed by atoms with Crippen molar-refractivity contribution < 1.29 is 0 Å². The molecule has 0 aromatic heterocycles. The van der Waals surface area contributed by atoms with Gasteiger partial charge >= 0.3 is 0 Å². The van der Waals surface area contributed by atoms with E-state index in [1.165, 1.54) is 32.7 Å². The first-order valence-electron chi connectivity index (χ1n) is 31.5. The molecule has 7 atom stereocenters. The summed E-state index contributed by atoms with van der Waals surface area (Å²) < 4.78 is 0. The third kappa shape index (κ3) is 40.4. The van der Waals surface area contributed by atoms with Gasteiger partial charge in [0.05, 0.1) is 0 Å². The second-order valence-corrected chi connectivity index (χ2v) is 23.4. The zero-order valence-electron chi connectivity index (χ0n) is 52.2. The number of piperazine rings is 6. The van der Waals surface area contributed by atoms with Crippen molar-refractivity contribution >= 4 is 0 Å². The lowest BCUT2D eigenvalue weighted by Gasteiger charge is -2.36.